The lowest BCUT2D eigenvalue weighted by atomic mass is 10.1. The number of nitrogens with zero attached hydrogens (tertiary/aromatic N) is 1. The Morgan fingerprint density at radius 2 is 1.90 bits per heavy atom. The zero-order valence-corrected chi connectivity index (χ0v) is 10.9. The first-order chi connectivity index (χ1) is 9.88. The van der Waals surface area contributed by atoms with Crippen LogP contribution in [0.3, 0.4) is 0 Å². The molecule has 0 saturated heterocycles. The number of hydrogen-bond donors (Lipinski definition) is 0. The highest BCUT2D eigenvalue weighted by atomic mass is 19.4. The molecule has 0 aliphatic carbocycles. The first-order valence-corrected chi connectivity index (χ1v) is 6.17. The minimum absolute atomic E-state index is 0.0424. The van der Waals surface area contributed by atoms with Gasteiger partial charge < -0.3 is 4.74 Å². The maximum Gasteiger partial charge on any atom is 0.421 e. The number of allylic oxidation sites excluding steroid dienone is 1. The third kappa shape index (κ3) is 3.84. The summed E-state index contributed by atoms with van der Waals surface area (Å²) in [6, 6.07) is 8.75. The van der Waals surface area contributed by atoms with Crippen molar-refractivity contribution in [3.8, 4) is 0 Å². The Morgan fingerprint density at radius 1 is 1.24 bits per heavy atom. The standard InChI is InChI=1S/C14H12F3NO3/c15-14(16,17)11-8-18(7-6-12(11)19)13(20)21-9-10-4-2-1-3-5-10/h1-5,8H,6-7,9H2. The van der Waals surface area contributed by atoms with E-state index >= 15 is 0 Å². The van der Waals surface area contributed by atoms with E-state index in [1.807, 2.05) is 0 Å². The molecule has 1 aliphatic rings. The molecule has 21 heavy (non-hydrogen) atoms. The fourth-order valence-corrected chi connectivity index (χ4v) is 1.83. The fraction of sp³-hybridized carbons (Fsp3) is 0.286. The van der Waals surface area contributed by atoms with Crippen molar-refractivity contribution in [2.45, 2.75) is 19.2 Å². The number of halogens is 3. The quantitative estimate of drug-likeness (QED) is 0.843. The zero-order chi connectivity index (χ0) is 15.5. The molecule has 0 fully saturated rings. The topological polar surface area (TPSA) is 46.6 Å². The van der Waals surface area contributed by atoms with E-state index in [0.717, 1.165) is 10.5 Å². The zero-order valence-electron chi connectivity index (χ0n) is 10.9. The summed E-state index contributed by atoms with van der Waals surface area (Å²) in [6.07, 6.45) is -5.53. The molecule has 0 spiro atoms. The molecule has 1 aromatic carbocycles. The molecule has 1 aromatic rings. The van der Waals surface area contributed by atoms with Crippen molar-refractivity contribution in [1.29, 1.82) is 0 Å². The third-order valence-corrected chi connectivity index (χ3v) is 2.91. The molecular formula is C14H12F3NO3. The SMILES string of the molecule is O=C1CCN(C(=O)OCc2ccccc2)C=C1C(F)(F)F. The maximum absolute atomic E-state index is 12.6. The van der Waals surface area contributed by atoms with Crippen LogP contribution in [0, 0.1) is 0 Å². The van der Waals surface area contributed by atoms with Crippen LogP contribution in [0.1, 0.15) is 12.0 Å². The molecule has 7 heteroatoms. The van der Waals surface area contributed by atoms with Crippen LogP contribution in [-0.2, 0) is 16.1 Å². The number of alkyl halides is 3. The number of hydrogen-bond acceptors (Lipinski definition) is 3. The molecule has 0 atom stereocenters. The van der Waals surface area contributed by atoms with Gasteiger partial charge >= 0.3 is 12.3 Å². The summed E-state index contributed by atoms with van der Waals surface area (Å²) in [5.41, 5.74) is -0.607. The Morgan fingerprint density at radius 3 is 2.52 bits per heavy atom. The minimum Gasteiger partial charge on any atom is -0.444 e. The molecule has 112 valence electrons. The van der Waals surface area contributed by atoms with E-state index < -0.39 is 23.6 Å². The van der Waals surface area contributed by atoms with Crippen molar-refractivity contribution in [2.24, 2.45) is 0 Å². The lowest BCUT2D eigenvalue weighted by Crippen LogP contribution is -2.36. The molecule has 0 radical (unpaired) electrons. The van der Waals surface area contributed by atoms with Crippen molar-refractivity contribution in [2.75, 3.05) is 6.54 Å². The number of carbonyl (C=O) groups excluding carboxylic acids is 2. The van der Waals surface area contributed by atoms with Gasteiger partial charge in [-0.15, -0.1) is 0 Å². The number of amides is 1. The van der Waals surface area contributed by atoms with Crippen molar-refractivity contribution >= 4 is 11.9 Å². The number of rotatable bonds is 2. The molecule has 0 bridgehead atoms. The highest BCUT2D eigenvalue weighted by Gasteiger charge is 2.41. The van der Waals surface area contributed by atoms with E-state index in [1.54, 1.807) is 30.3 Å². The Bertz CT molecular complexity index is 567. The van der Waals surface area contributed by atoms with E-state index in [-0.39, 0.29) is 19.6 Å². The van der Waals surface area contributed by atoms with E-state index in [0.29, 0.717) is 6.20 Å². The Kier molecular flexibility index (Phi) is 4.30. The van der Waals surface area contributed by atoms with Crippen LogP contribution in [0.5, 0.6) is 0 Å². The Balaban J connectivity index is 2.02. The van der Waals surface area contributed by atoms with Gasteiger partial charge in [0.25, 0.3) is 0 Å². The highest BCUT2D eigenvalue weighted by molar-refractivity contribution is 5.98. The summed E-state index contributed by atoms with van der Waals surface area (Å²) < 4.78 is 42.8. The average Bonchev–Trinajstić information content (AvgIpc) is 2.45. The van der Waals surface area contributed by atoms with Crippen LogP contribution in [0.15, 0.2) is 42.1 Å². The lowest BCUT2D eigenvalue weighted by Gasteiger charge is -2.24. The Labute approximate surface area is 118 Å². The fourth-order valence-electron chi connectivity index (χ4n) is 1.83. The molecule has 4 nitrogen and oxygen atoms in total. The number of carbonyl (C=O) groups is 2. The van der Waals surface area contributed by atoms with Crippen LogP contribution in [0.25, 0.3) is 0 Å². The largest absolute Gasteiger partial charge is 0.444 e. The van der Waals surface area contributed by atoms with Crippen molar-refractivity contribution in [1.82, 2.24) is 4.90 Å². The number of ketones is 1. The van der Waals surface area contributed by atoms with Gasteiger partial charge in [-0.25, -0.2) is 4.79 Å². The van der Waals surface area contributed by atoms with Crippen LogP contribution in [0.4, 0.5) is 18.0 Å². The van der Waals surface area contributed by atoms with Gasteiger partial charge in [0.1, 0.15) is 12.2 Å². The number of ether oxygens (including phenoxy) is 1. The van der Waals surface area contributed by atoms with Gasteiger partial charge in [-0.2, -0.15) is 13.2 Å². The first-order valence-electron chi connectivity index (χ1n) is 6.17. The van der Waals surface area contributed by atoms with Gasteiger partial charge in [0.05, 0.1) is 0 Å². The summed E-state index contributed by atoms with van der Waals surface area (Å²) in [5.74, 6) is -1.02. The highest BCUT2D eigenvalue weighted by Crippen LogP contribution is 2.30. The third-order valence-electron chi connectivity index (χ3n) is 2.91. The van der Waals surface area contributed by atoms with Gasteiger partial charge in [-0.3, -0.25) is 9.69 Å². The van der Waals surface area contributed by atoms with Crippen LogP contribution in [0.2, 0.25) is 0 Å². The molecule has 0 saturated carbocycles. The van der Waals surface area contributed by atoms with E-state index in [2.05, 4.69) is 0 Å². The smallest absolute Gasteiger partial charge is 0.421 e. The van der Waals surface area contributed by atoms with Crippen LogP contribution in [-0.4, -0.2) is 29.5 Å². The van der Waals surface area contributed by atoms with Crippen LogP contribution < -0.4 is 0 Å². The van der Waals surface area contributed by atoms with Crippen molar-refractivity contribution in [3.05, 3.63) is 47.7 Å². The number of benzene rings is 1. The Hall–Kier alpha value is -2.31. The molecule has 1 aliphatic heterocycles. The van der Waals surface area contributed by atoms with Crippen LogP contribution >= 0.6 is 0 Å². The number of Topliss-reactive ketones (excluding diaryl/α,β-unsaturated/α-hetero) is 1. The molecule has 0 unspecified atom stereocenters. The van der Waals surface area contributed by atoms with E-state index in [1.165, 1.54) is 0 Å². The predicted molar refractivity (Wildman–Crippen MR) is 67.1 cm³/mol. The summed E-state index contributed by atoms with van der Waals surface area (Å²) in [4.78, 5) is 23.7. The maximum atomic E-state index is 12.6. The summed E-state index contributed by atoms with van der Waals surface area (Å²) in [7, 11) is 0. The summed E-state index contributed by atoms with van der Waals surface area (Å²) in [5, 5.41) is 0. The van der Waals surface area contributed by atoms with Gasteiger partial charge in [0.15, 0.2) is 5.78 Å². The predicted octanol–water partition coefficient (Wildman–Crippen LogP) is 3.04. The normalized spacial score (nSPS) is 15.7. The molecule has 1 amide bonds. The molecule has 1 heterocycles. The second-order valence-corrected chi connectivity index (χ2v) is 4.45. The van der Waals surface area contributed by atoms with E-state index in [4.69, 9.17) is 4.74 Å². The molecule has 0 aromatic heterocycles. The second-order valence-electron chi connectivity index (χ2n) is 4.45. The lowest BCUT2D eigenvalue weighted by molar-refractivity contribution is -0.130. The summed E-state index contributed by atoms with van der Waals surface area (Å²) >= 11 is 0. The first kappa shape index (κ1) is 15.1. The molecule has 2 rings (SSSR count). The van der Waals surface area contributed by atoms with E-state index in [9.17, 15) is 22.8 Å². The van der Waals surface area contributed by atoms with Gasteiger partial charge in [0, 0.05) is 19.2 Å². The molecular weight excluding hydrogens is 287 g/mol. The van der Waals surface area contributed by atoms with Crippen molar-refractivity contribution < 1.29 is 27.5 Å². The van der Waals surface area contributed by atoms with Crippen molar-refractivity contribution in [3.63, 3.8) is 0 Å². The average molecular weight is 299 g/mol. The molecule has 0 N–H and O–H groups in total. The van der Waals surface area contributed by atoms with Gasteiger partial charge in [-0.05, 0) is 5.56 Å². The monoisotopic (exact) mass is 299 g/mol. The minimum atomic E-state index is -4.77. The van der Waals surface area contributed by atoms with Gasteiger partial charge in [-0.1, -0.05) is 30.3 Å². The summed E-state index contributed by atoms with van der Waals surface area (Å²) in [6.45, 7) is -0.161. The van der Waals surface area contributed by atoms with Gasteiger partial charge in [0.2, 0.25) is 0 Å². The second kappa shape index (κ2) is 5.99.